The highest BCUT2D eigenvalue weighted by atomic mass is 16.3. The number of aliphatic hydroxyl groups is 1. The first-order valence-electron chi connectivity index (χ1n) is 6.86. The van der Waals surface area contributed by atoms with Gasteiger partial charge in [-0.15, -0.1) is 0 Å². The minimum atomic E-state index is -0.656. The molecule has 106 valence electrons. The molecule has 0 fully saturated rings. The number of aliphatic hydroxyl groups excluding tert-OH is 1. The van der Waals surface area contributed by atoms with Gasteiger partial charge in [0.1, 0.15) is 11.8 Å². The van der Waals surface area contributed by atoms with Crippen molar-refractivity contribution in [3.05, 3.63) is 36.5 Å². The lowest BCUT2D eigenvalue weighted by Crippen LogP contribution is -1.94. The van der Waals surface area contributed by atoms with E-state index in [0.717, 1.165) is 28.6 Å². The Hall–Kier alpha value is -2.58. The first-order valence-corrected chi connectivity index (χ1v) is 6.86. The van der Waals surface area contributed by atoms with Crippen molar-refractivity contribution >= 4 is 10.9 Å². The molecule has 2 N–H and O–H groups in total. The van der Waals surface area contributed by atoms with Crippen LogP contribution in [-0.2, 0) is 6.54 Å². The fraction of sp³-hybridized carbons (Fsp3) is 0.250. The third kappa shape index (κ3) is 2.54. The zero-order valence-corrected chi connectivity index (χ0v) is 12.0. The smallest absolute Gasteiger partial charge is 0.113 e. The summed E-state index contributed by atoms with van der Waals surface area (Å²) in [7, 11) is 0. The summed E-state index contributed by atoms with van der Waals surface area (Å²) in [4.78, 5) is 4.35. The van der Waals surface area contributed by atoms with E-state index in [4.69, 9.17) is 0 Å². The number of rotatable bonds is 2. The van der Waals surface area contributed by atoms with E-state index in [-0.39, 0.29) is 0 Å². The first kappa shape index (κ1) is 13.4. The molecule has 5 heteroatoms. The van der Waals surface area contributed by atoms with Crippen molar-refractivity contribution in [3.8, 4) is 23.0 Å². The normalized spacial score (nSPS) is 12.1. The molecule has 0 aliphatic heterocycles. The zero-order valence-electron chi connectivity index (χ0n) is 12.0. The Bertz CT molecular complexity index is 819. The highest BCUT2D eigenvalue weighted by molar-refractivity contribution is 5.96. The van der Waals surface area contributed by atoms with Gasteiger partial charge >= 0.3 is 0 Å². The molecule has 0 saturated carbocycles. The maximum Gasteiger partial charge on any atom is 0.113 e. The Morgan fingerprint density at radius 3 is 2.95 bits per heavy atom. The Kier molecular flexibility index (Phi) is 3.46. The Morgan fingerprint density at radius 2 is 2.29 bits per heavy atom. The molecular formula is C16H16N4O. The second kappa shape index (κ2) is 5.43. The van der Waals surface area contributed by atoms with Crippen molar-refractivity contribution < 1.29 is 5.11 Å². The van der Waals surface area contributed by atoms with Crippen LogP contribution in [0.15, 0.2) is 30.9 Å². The van der Waals surface area contributed by atoms with Crippen molar-refractivity contribution in [1.29, 1.82) is 0 Å². The van der Waals surface area contributed by atoms with E-state index >= 15 is 0 Å². The van der Waals surface area contributed by atoms with Gasteiger partial charge in [0.25, 0.3) is 0 Å². The number of fused-ring (bicyclic) bond motifs is 1. The van der Waals surface area contributed by atoms with Crippen molar-refractivity contribution in [2.24, 2.45) is 0 Å². The summed E-state index contributed by atoms with van der Waals surface area (Å²) in [5.74, 6) is 5.61. The zero-order chi connectivity index (χ0) is 14.8. The maximum absolute atomic E-state index is 9.26. The summed E-state index contributed by atoms with van der Waals surface area (Å²) in [6.07, 6.45) is 6.95. The van der Waals surface area contributed by atoms with E-state index in [1.807, 2.05) is 18.5 Å². The summed E-state index contributed by atoms with van der Waals surface area (Å²) < 4.78 is 2.15. The molecule has 21 heavy (non-hydrogen) atoms. The second-order valence-electron chi connectivity index (χ2n) is 4.85. The van der Waals surface area contributed by atoms with Crippen LogP contribution in [0, 0.1) is 11.8 Å². The monoisotopic (exact) mass is 280 g/mol. The number of nitrogens with one attached hydrogen (secondary N) is 1. The molecule has 0 bridgehead atoms. The van der Waals surface area contributed by atoms with Crippen LogP contribution in [0.3, 0.4) is 0 Å². The van der Waals surface area contributed by atoms with Gasteiger partial charge in [0.05, 0.1) is 17.9 Å². The minimum Gasteiger partial charge on any atom is -0.381 e. The van der Waals surface area contributed by atoms with Gasteiger partial charge in [-0.3, -0.25) is 5.10 Å². The first-order chi connectivity index (χ1) is 10.2. The third-order valence-corrected chi connectivity index (χ3v) is 3.33. The van der Waals surface area contributed by atoms with Crippen LogP contribution in [0.25, 0.3) is 22.0 Å². The number of pyridine rings is 1. The number of aromatic amines is 1. The predicted molar refractivity (Wildman–Crippen MR) is 81.5 cm³/mol. The number of nitrogens with zero attached hydrogens (tertiary/aromatic N) is 3. The molecular weight excluding hydrogens is 264 g/mol. The van der Waals surface area contributed by atoms with E-state index in [1.165, 1.54) is 0 Å². The van der Waals surface area contributed by atoms with Gasteiger partial charge in [-0.1, -0.05) is 5.92 Å². The number of hydrogen-bond acceptors (Lipinski definition) is 3. The lowest BCUT2D eigenvalue weighted by atomic mass is 10.1. The second-order valence-corrected chi connectivity index (χ2v) is 4.85. The van der Waals surface area contributed by atoms with Gasteiger partial charge in [-0.25, -0.2) is 4.98 Å². The Labute approximate surface area is 122 Å². The van der Waals surface area contributed by atoms with Gasteiger partial charge < -0.3 is 9.67 Å². The van der Waals surface area contributed by atoms with E-state index in [0.29, 0.717) is 5.69 Å². The molecule has 3 aromatic rings. The number of aromatic nitrogens is 4. The Morgan fingerprint density at radius 1 is 1.43 bits per heavy atom. The molecule has 1 atom stereocenters. The van der Waals surface area contributed by atoms with Crippen LogP contribution < -0.4 is 0 Å². The summed E-state index contributed by atoms with van der Waals surface area (Å²) >= 11 is 0. The molecule has 1 unspecified atom stereocenters. The maximum atomic E-state index is 9.26. The van der Waals surface area contributed by atoms with Gasteiger partial charge in [0, 0.05) is 35.5 Å². The molecule has 0 spiro atoms. The molecule has 3 heterocycles. The summed E-state index contributed by atoms with van der Waals surface area (Å²) in [5, 5.41) is 17.2. The van der Waals surface area contributed by atoms with E-state index in [1.54, 1.807) is 13.1 Å². The molecule has 0 aromatic carbocycles. The van der Waals surface area contributed by atoms with Gasteiger partial charge in [-0.05, 0) is 25.8 Å². The SMILES string of the molecule is CCn1cc(-c2cn[nH]c2)c2cc(C#CC(C)O)ncc21. The van der Waals surface area contributed by atoms with E-state index in [9.17, 15) is 5.11 Å². The van der Waals surface area contributed by atoms with Crippen molar-refractivity contribution in [2.75, 3.05) is 0 Å². The van der Waals surface area contributed by atoms with Crippen molar-refractivity contribution in [3.63, 3.8) is 0 Å². The lowest BCUT2D eigenvalue weighted by molar-refractivity contribution is 0.253. The quantitative estimate of drug-likeness (QED) is 0.707. The molecule has 0 saturated heterocycles. The number of aryl methyl sites for hydroxylation is 1. The fourth-order valence-corrected chi connectivity index (χ4v) is 2.32. The fourth-order valence-electron chi connectivity index (χ4n) is 2.32. The van der Waals surface area contributed by atoms with Crippen LogP contribution in [0.5, 0.6) is 0 Å². The standard InChI is InChI=1S/C16H16N4O/c1-3-20-10-15(12-7-18-19-8-12)14-6-13(5-4-11(2)21)17-9-16(14)20/h6-11,21H,3H2,1-2H3,(H,18,19). The topological polar surface area (TPSA) is 66.7 Å². The van der Waals surface area contributed by atoms with E-state index < -0.39 is 6.10 Å². The van der Waals surface area contributed by atoms with Crippen LogP contribution in [0.1, 0.15) is 19.5 Å². The molecule has 5 nitrogen and oxygen atoms in total. The van der Waals surface area contributed by atoms with Crippen LogP contribution in [-0.4, -0.2) is 31.0 Å². The molecule has 0 radical (unpaired) electrons. The van der Waals surface area contributed by atoms with Gasteiger partial charge in [0.2, 0.25) is 0 Å². The lowest BCUT2D eigenvalue weighted by Gasteiger charge is -1.99. The summed E-state index contributed by atoms with van der Waals surface area (Å²) in [6.45, 7) is 4.60. The average molecular weight is 280 g/mol. The van der Waals surface area contributed by atoms with Gasteiger partial charge in [-0.2, -0.15) is 5.10 Å². The van der Waals surface area contributed by atoms with Crippen LogP contribution in [0.4, 0.5) is 0 Å². The highest BCUT2D eigenvalue weighted by Gasteiger charge is 2.11. The largest absolute Gasteiger partial charge is 0.381 e. The van der Waals surface area contributed by atoms with Crippen molar-refractivity contribution in [2.45, 2.75) is 26.5 Å². The van der Waals surface area contributed by atoms with Crippen molar-refractivity contribution in [1.82, 2.24) is 19.7 Å². The number of hydrogen-bond donors (Lipinski definition) is 2. The highest BCUT2D eigenvalue weighted by Crippen LogP contribution is 2.30. The average Bonchev–Trinajstić information content (AvgIpc) is 3.11. The number of H-pyrrole nitrogens is 1. The molecule has 3 aromatic heterocycles. The summed E-state index contributed by atoms with van der Waals surface area (Å²) in [5.41, 5.74) is 3.86. The molecule has 0 aliphatic rings. The van der Waals surface area contributed by atoms with E-state index in [2.05, 4.69) is 44.7 Å². The third-order valence-electron chi connectivity index (χ3n) is 3.33. The Balaban J connectivity index is 2.19. The van der Waals surface area contributed by atoms with Crippen LogP contribution >= 0.6 is 0 Å². The summed E-state index contributed by atoms with van der Waals surface area (Å²) in [6, 6.07) is 1.96. The minimum absolute atomic E-state index is 0.655. The molecule has 0 amide bonds. The van der Waals surface area contributed by atoms with Crippen LogP contribution in [0.2, 0.25) is 0 Å². The van der Waals surface area contributed by atoms with Gasteiger partial charge in [0.15, 0.2) is 0 Å². The molecule has 0 aliphatic carbocycles. The predicted octanol–water partition coefficient (Wildman–Crippen LogP) is 2.18. The molecule has 3 rings (SSSR count).